The average molecular weight is 236 g/mol. The van der Waals surface area contributed by atoms with Gasteiger partial charge >= 0.3 is 0 Å². The molecule has 0 nitrogen and oxygen atoms in total. The van der Waals surface area contributed by atoms with Crippen molar-refractivity contribution < 1.29 is 0 Å². The molecular formula is C10H20S3. The van der Waals surface area contributed by atoms with Gasteiger partial charge in [0.2, 0.25) is 0 Å². The van der Waals surface area contributed by atoms with Gasteiger partial charge in [-0.2, -0.15) is 25.3 Å². The van der Waals surface area contributed by atoms with E-state index < -0.39 is 0 Å². The minimum atomic E-state index is 0.901. The fraction of sp³-hybridized carbons (Fsp3) is 0.900. The molecule has 0 aromatic rings. The van der Waals surface area contributed by atoms with E-state index in [2.05, 4.69) is 25.3 Å². The Labute approximate surface area is 98.7 Å². The zero-order chi connectivity index (χ0) is 9.94. The van der Waals surface area contributed by atoms with Crippen LogP contribution < -0.4 is 0 Å². The molecule has 0 aliphatic heterocycles. The Morgan fingerprint density at radius 1 is 0.769 bits per heavy atom. The van der Waals surface area contributed by atoms with Crippen LogP contribution in [0, 0.1) is 0 Å². The van der Waals surface area contributed by atoms with Crippen LogP contribution in [0.15, 0.2) is 0 Å². The molecule has 0 saturated heterocycles. The molecule has 78 valence electrons. The summed E-state index contributed by atoms with van der Waals surface area (Å²) in [6.45, 7) is 0. The van der Waals surface area contributed by atoms with Gasteiger partial charge in [0.1, 0.15) is 0 Å². The van der Waals surface area contributed by atoms with Gasteiger partial charge in [0, 0.05) is 0 Å². The Bertz CT molecular complexity index is 123. The van der Waals surface area contributed by atoms with E-state index in [4.69, 9.17) is 12.2 Å². The molecule has 0 aromatic heterocycles. The molecule has 0 radical (unpaired) electrons. The average Bonchev–Trinajstić information content (AvgIpc) is 2.11. The highest BCUT2D eigenvalue weighted by atomic mass is 32.1. The van der Waals surface area contributed by atoms with Crippen LogP contribution in [0.5, 0.6) is 0 Å². The van der Waals surface area contributed by atoms with Crippen LogP contribution in [0.3, 0.4) is 0 Å². The predicted octanol–water partition coefficient (Wildman–Crippen LogP) is 3.95. The van der Waals surface area contributed by atoms with Crippen molar-refractivity contribution in [1.82, 2.24) is 0 Å². The summed E-state index contributed by atoms with van der Waals surface area (Å²) >= 11 is 13.5. The van der Waals surface area contributed by atoms with Crippen molar-refractivity contribution in [2.45, 2.75) is 44.9 Å². The zero-order valence-corrected chi connectivity index (χ0v) is 10.8. The highest BCUT2D eigenvalue weighted by Crippen LogP contribution is 2.08. The maximum absolute atomic E-state index is 5.19. The molecule has 0 aliphatic rings. The molecule has 0 spiro atoms. The quantitative estimate of drug-likeness (QED) is 0.347. The van der Waals surface area contributed by atoms with Crippen molar-refractivity contribution in [2.24, 2.45) is 0 Å². The lowest BCUT2D eigenvalue weighted by molar-refractivity contribution is 0.646. The molecular weight excluding hydrogens is 216 g/mol. The summed E-state index contributed by atoms with van der Waals surface area (Å²) in [5, 5.41) is 0. The molecule has 0 unspecified atom stereocenters. The zero-order valence-electron chi connectivity index (χ0n) is 8.17. The van der Waals surface area contributed by atoms with Crippen LogP contribution >= 0.6 is 37.5 Å². The van der Waals surface area contributed by atoms with Gasteiger partial charge in [-0.25, -0.2) is 0 Å². The molecule has 0 heterocycles. The second-order valence-electron chi connectivity index (χ2n) is 3.25. The number of thiol groups is 2. The van der Waals surface area contributed by atoms with Crippen LogP contribution in [-0.2, 0) is 0 Å². The van der Waals surface area contributed by atoms with Crippen molar-refractivity contribution >= 4 is 42.3 Å². The third kappa shape index (κ3) is 10.7. The van der Waals surface area contributed by atoms with Gasteiger partial charge in [-0.05, 0) is 42.1 Å². The summed E-state index contributed by atoms with van der Waals surface area (Å²) in [6, 6.07) is 0. The molecule has 0 aromatic carbocycles. The summed E-state index contributed by atoms with van der Waals surface area (Å²) in [6.07, 6.45) is 8.63. The lowest BCUT2D eigenvalue weighted by Crippen LogP contribution is -1.95. The summed E-state index contributed by atoms with van der Waals surface area (Å²) in [5.74, 6) is 1.93. The fourth-order valence-electron chi connectivity index (χ4n) is 1.21. The Morgan fingerprint density at radius 2 is 1.38 bits per heavy atom. The summed E-state index contributed by atoms with van der Waals surface area (Å²) in [4.78, 5) is 1.20. The first-order chi connectivity index (χ1) is 6.31. The van der Waals surface area contributed by atoms with E-state index in [9.17, 15) is 0 Å². The van der Waals surface area contributed by atoms with Crippen molar-refractivity contribution in [1.29, 1.82) is 0 Å². The largest absolute Gasteiger partial charge is 0.179 e. The third-order valence-electron chi connectivity index (χ3n) is 2.00. The third-order valence-corrected chi connectivity index (χ3v) is 2.95. The second-order valence-corrected chi connectivity index (χ2v) is 4.73. The lowest BCUT2D eigenvalue weighted by atomic mass is 10.1. The van der Waals surface area contributed by atoms with Gasteiger partial charge in [0.25, 0.3) is 0 Å². The van der Waals surface area contributed by atoms with Gasteiger partial charge in [0.15, 0.2) is 0 Å². The first-order valence-electron chi connectivity index (χ1n) is 5.04. The van der Waals surface area contributed by atoms with Gasteiger partial charge in [-0.3, -0.25) is 0 Å². The first-order valence-corrected chi connectivity index (χ1v) is 6.72. The van der Waals surface area contributed by atoms with Crippen molar-refractivity contribution in [3.05, 3.63) is 0 Å². The predicted molar refractivity (Wildman–Crippen MR) is 72.6 cm³/mol. The Hall–Kier alpha value is 0.790. The van der Waals surface area contributed by atoms with Gasteiger partial charge in [-0.1, -0.05) is 31.5 Å². The summed E-state index contributed by atoms with van der Waals surface area (Å²) in [5.41, 5.74) is 0. The lowest BCUT2D eigenvalue weighted by Gasteiger charge is -2.01. The minimum absolute atomic E-state index is 0.901. The van der Waals surface area contributed by atoms with E-state index >= 15 is 0 Å². The van der Waals surface area contributed by atoms with E-state index in [-0.39, 0.29) is 0 Å². The minimum Gasteiger partial charge on any atom is -0.179 e. The highest BCUT2D eigenvalue weighted by molar-refractivity contribution is 7.81. The van der Waals surface area contributed by atoms with Crippen LogP contribution in [0.25, 0.3) is 0 Å². The molecule has 13 heavy (non-hydrogen) atoms. The van der Waals surface area contributed by atoms with Crippen molar-refractivity contribution in [2.75, 3.05) is 11.5 Å². The molecule has 0 amide bonds. The Kier molecular flexibility index (Phi) is 11.5. The molecule has 0 bridgehead atoms. The Balaban J connectivity index is 3.02. The van der Waals surface area contributed by atoms with Gasteiger partial charge in [0.05, 0.1) is 0 Å². The standard InChI is InChI=1S/C10H20S3/c11-8-5-3-1-2-4-6-10(13)7-9-12/h11-12H,1-9H2. The van der Waals surface area contributed by atoms with E-state index in [0.717, 1.165) is 24.3 Å². The number of unbranched alkanes of at least 4 members (excludes halogenated alkanes) is 4. The first kappa shape index (κ1) is 13.8. The number of thiocarbonyl (C=S) groups is 1. The molecule has 3 heteroatoms. The van der Waals surface area contributed by atoms with E-state index in [1.54, 1.807) is 0 Å². The van der Waals surface area contributed by atoms with Crippen LogP contribution in [0.1, 0.15) is 44.9 Å². The van der Waals surface area contributed by atoms with Crippen LogP contribution in [-0.4, -0.2) is 16.4 Å². The van der Waals surface area contributed by atoms with E-state index in [1.165, 1.54) is 37.0 Å². The number of hydrogen-bond acceptors (Lipinski definition) is 3. The SMILES string of the molecule is S=C(CCS)CCCCCCCS. The normalized spacial score (nSPS) is 10.3. The molecule has 0 fully saturated rings. The molecule has 0 rings (SSSR count). The fourth-order valence-corrected chi connectivity index (χ4v) is 2.11. The Morgan fingerprint density at radius 3 is 2.00 bits per heavy atom. The van der Waals surface area contributed by atoms with E-state index in [1.807, 2.05) is 0 Å². The van der Waals surface area contributed by atoms with Crippen LogP contribution in [0.2, 0.25) is 0 Å². The molecule has 0 saturated carbocycles. The highest BCUT2D eigenvalue weighted by Gasteiger charge is 1.95. The monoisotopic (exact) mass is 236 g/mol. The molecule has 0 aliphatic carbocycles. The van der Waals surface area contributed by atoms with Gasteiger partial charge in [-0.15, -0.1) is 0 Å². The summed E-state index contributed by atoms with van der Waals surface area (Å²) in [7, 11) is 0. The maximum atomic E-state index is 5.19. The second kappa shape index (κ2) is 10.9. The maximum Gasteiger partial charge on any atom is -0.00524 e. The van der Waals surface area contributed by atoms with Gasteiger partial charge < -0.3 is 0 Å². The van der Waals surface area contributed by atoms with Crippen molar-refractivity contribution in [3.8, 4) is 0 Å². The number of rotatable bonds is 9. The number of hydrogen-bond donors (Lipinski definition) is 2. The van der Waals surface area contributed by atoms with Crippen LogP contribution in [0.4, 0.5) is 0 Å². The topological polar surface area (TPSA) is 0 Å². The summed E-state index contributed by atoms with van der Waals surface area (Å²) < 4.78 is 0. The van der Waals surface area contributed by atoms with Crippen molar-refractivity contribution in [3.63, 3.8) is 0 Å². The molecule has 0 atom stereocenters. The smallest absolute Gasteiger partial charge is 0.00524 e. The molecule has 0 N–H and O–H groups in total. The van der Waals surface area contributed by atoms with E-state index in [0.29, 0.717) is 0 Å².